The Morgan fingerprint density at radius 2 is 1.90 bits per heavy atom. The lowest BCUT2D eigenvalue weighted by molar-refractivity contribution is 0.101. The molecule has 1 aromatic carbocycles. The number of pyridine rings is 2. The predicted molar refractivity (Wildman–Crippen MR) is 112 cm³/mol. The van der Waals surface area contributed by atoms with Crippen LogP contribution < -0.4 is 10.1 Å². The Labute approximate surface area is 177 Å². The van der Waals surface area contributed by atoms with E-state index in [1.54, 1.807) is 49.8 Å². The van der Waals surface area contributed by atoms with Crippen molar-refractivity contribution in [2.75, 3.05) is 5.32 Å². The van der Waals surface area contributed by atoms with E-state index < -0.39 is 5.91 Å². The number of carbonyl (C=O) groups excluding carboxylic acids is 1. The highest BCUT2D eigenvalue weighted by atomic mass is 35.5. The maximum atomic E-state index is 12.7. The van der Waals surface area contributed by atoms with Gasteiger partial charge in [-0.25, -0.2) is 14.6 Å². The van der Waals surface area contributed by atoms with Crippen LogP contribution in [0.1, 0.15) is 22.0 Å². The second kappa shape index (κ2) is 8.71. The zero-order valence-electron chi connectivity index (χ0n) is 16.0. The average Bonchev–Trinajstić information content (AvgIpc) is 3.16. The molecule has 0 saturated carbocycles. The summed E-state index contributed by atoms with van der Waals surface area (Å²) in [7, 11) is 0. The molecular weight excluding hydrogens is 404 g/mol. The SMILES string of the molecule is Cc1nc(C(=O)Nc2ncccc2OCc2ccncc2)nn1-c1ccccc1Cl. The molecule has 0 saturated heterocycles. The molecule has 150 valence electrons. The van der Waals surface area contributed by atoms with E-state index >= 15 is 0 Å². The summed E-state index contributed by atoms with van der Waals surface area (Å²) in [5.74, 6) is 0.742. The second-order valence-electron chi connectivity index (χ2n) is 6.29. The van der Waals surface area contributed by atoms with E-state index in [0.717, 1.165) is 5.56 Å². The lowest BCUT2D eigenvalue weighted by Gasteiger charge is -2.10. The van der Waals surface area contributed by atoms with Gasteiger partial charge in [-0.15, -0.1) is 5.10 Å². The minimum absolute atomic E-state index is 0.00171. The number of anilines is 1. The van der Waals surface area contributed by atoms with Crippen LogP contribution in [0.4, 0.5) is 5.82 Å². The maximum absolute atomic E-state index is 12.7. The summed E-state index contributed by atoms with van der Waals surface area (Å²) in [6, 6.07) is 14.4. The fraction of sp³-hybridized carbons (Fsp3) is 0.0952. The number of carbonyl (C=O) groups is 1. The highest BCUT2D eigenvalue weighted by Gasteiger charge is 2.18. The van der Waals surface area contributed by atoms with Crippen LogP contribution >= 0.6 is 11.6 Å². The van der Waals surface area contributed by atoms with E-state index in [1.165, 1.54) is 4.68 Å². The molecule has 3 heterocycles. The number of para-hydroxylation sites is 1. The molecule has 9 heteroatoms. The molecule has 0 radical (unpaired) electrons. The molecule has 0 aliphatic rings. The standard InChI is InChI=1S/C21H17ClN6O2/c1-14-25-20(27-28(14)17-6-3-2-5-16(17)22)21(29)26-19-18(7-4-10-24-19)30-13-15-8-11-23-12-9-15/h2-12H,13H2,1H3,(H,24,26,29). The molecule has 3 aromatic heterocycles. The number of benzene rings is 1. The zero-order valence-corrected chi connectivity index (χ0v) is 16.7. The van der Waals surface area contributed by atoms with Crippen LogP contribution in [0.5, 0.6) is 5.75 Å². The molecule has 1 N–H and O–H groups in total. The van der Waals surface area contributed by atoms with E-state index in [9.17, 15) is 4.79 Å². The van der Waals surface area contributed by atoms with Crippen molar-refractivity contribution in [3.8, 4) is 11.4 Å². The van der Waals surface area contributed by atoms with Crippen LogP contribution in [0, 0.1) is 6.92 Å². The number of hydrogen-bond acceptors (Lipinski definition) is 6. The number of nitrogens with zero attached hydrogens (tertiary/aromatic N) is 5. The Morgan fingerprint density at radius 3 is 2.70 bits per heavy atom. The average molecular weight is 421 g/mol. The van der Waals surface area contributed by atoms with Gasteiger partial charge in [0.1, 0.15) is 12.4 Å². The van der Waals surface area contributed by atoms with Gasteiger partial charge in [0.15, 0.2) is 11.6 Å². The molecule has 30 heavy (non-hydrogen) atoms. The first kappa shape index (κ1) is 19.5. The smallest absolute Gasteiger partial charge is 0.296 e. The molecule has 0 aliphatic carbocycles. The summed E-state index contributed by atoms with van der Waals surface area (Å²) in [5, 5.41) is 7.51. The molecule has 8 nitrogen and oxygen atoms in total. The van der Waals surface area contributed by atoms with E-state index in [4.69, 9.17) is 16.3 Å². The van der Waals surface area contributed by atoms with Crippen LogP contribution in [0.15, 0.2) is 67.1 Å². The molecule has 0 bridgehead atoms. The van der Waals surface area contributed by atoms with Gasteiger partial charge in [0.25, 0.3) is 5.91 Å². The van der Waals surface area contributed by atoms with E-state index in [1.807, 2.05) is 24.3 Å². The normalized spacial score (nSPS) is 10.6. The zero-order chi connectivity index (χ0) is 20.9. The van der Waals surface area contributed by atoms with Crippen LogP contribution in [-0.4, -0.2) is 30.6 Å². The molecule has 0 spiro atoms. The number of halogens is 1. The highest BCUT2D eigenvalue weighted by Crippen LogP contribution is 2.23. The largest absolute Gasteiger partial charge is 0.485 e. The number of nitrogens with one attached hydrogen (secondary N) is 1. The van der Waals surface area contributed by atoms with Crippen molar-refractivity contribution in [2.24, 2.45) is 0 Å². The van der Waals surface area contributed by atoms with Crippen molar-refractivity contribution in [2.45, 2.75) is 13.5 Å². The minimum atomic E-state index is -0.503. The Bertz CT molecular complexity index is 1180. The molecule has 1 amide bonds. The number of rotatable bonds is 6. The van der Waals surface area contributed by atoms with Crippen molar-refractivity contribution in [1.82, 2.24) is 24.7 Å². The Balaban J connectivity index is 1.52. The van der Waals surface area contributed by atoms with Crippen molar-refractivity contribution in [1.29, 1.82) is 0 Å². The van der Waals surface area contributed by atoms with Gasteiger partial charge in [0.05, 0.1) is 10.7 Å². The number of ether oxygens (including phenoxy) is 1. The van der Waals surface area contributed by atoms with Gasteiger partial charge in [-0.3, -0.25) is 9.78 Å². The van der Waals surface area contributed by atoms with Gasteiger partial charge in [-0.2, -0.15) is 0 Å². The van der Waals surface area contributed by atoms with Crippen molar-refractivity contribution < 1.29 is 9.53 Å². The third-order valence-corrected chi connectivity index (χ3v) is 4.52. The molecule has 0 fully saturated rings. The summed E-state index contributed by atoms with van der Waals surface area (Å²) in [6.45, 7) is 2.06. The first-order chi connectivity index (χ1) is 14.6. The topological polar surface area (TPSA) is 94.8 Å². The third kappa shape index (κ3) is 4.28. The lowest BCUT2D eigenvalue weighted by atomic mass is 10.3. The van der Waals surface area contributed by atoms with Gasteiger partial charge in [-0.1, -0.05) is 23.7 Å². The summed E-state index contributed by atoms with van der Waals surface area (Å²) >= 11 is 6.24. The third-order valence-electron chi connectivity index (χ3n) is 4.20. The number of hydrogen-bond donors (Lipinski definition) is 1. The summed E-state index contributed by atoms with van der Waals surface area (Å²) < 4.78 is 7.33. The van der Waals surface area contributed by atoms with Gasteiger partial charge >= 0.3 is 0 Å². The number of aryl methyl sites for hydroxylation is 1. The fourth-order valence-corrected chi connectivity index (χ4v) is 2.96. The van der Waals surface area contributed by atoms with Crippen molar-refractivity contribution in [3.63, 3.8) is 0 Å². The Morgan fingerprint density at radius 1 is 1.10 bits per heavy atom. The lowest BCUT2D eigenvalue weighted by Crippen LogP contribution is -2.16. The Kier molecular flexibility index (Phi) is 5.67. The maximum Gasteiger partial charge on any atom is 0.296 e. The van der Waals surface area contributed by atoms with Crippen LogP contribution in [0.3, 0.4) is 0 Å². The van der Waals surface area contributed by atoms with E-state index in [-0.39, 0.29) is 11.6 Å². The number of aromatic nitrogens is 5. The molecular formula is C21H17ClN6O2. The van der Waals surface area contributed by atoms with Crippen molar-refractivity contribution in [3.05, 3.63) is 89.4 Å². The van der Waals surface area contributed by atoms with Gasteiger partial charge in [-0.05, 0) is 48.9 Å². The second-order valence-corrected chi connectivity index (χ2v) is 6.70. The first-order valence-electron chi connectivity index (χ1n) is 9.08. The van der Waals surface area contributed by atoms with Crippen molar-refractivity contribution >= 4 is 23.3 Å². The molecule has 0 aliphatic heterocycles. The molecule has 4 rings (SSSR count). The van der Waals surface area contributed by atoms with Crippen LogP contribution in [0.2, 0.25) is 5.02 Å². The number of amides is 1. The molecule has 4 aromatic rings. The van der Waals surface area contributed by atoms with E-state index in [0.29, 0.717) is 28.9 Å². The minimum Gasteiger partial charge on any atom is -0.485 e. The monoisotopic (exact) mass is 420 g/mol. The van der Waals surface area contributed by atoms with Crippen LogP contribution in [0.25, 0.3) is 5.69 Å². The molecule has 0 unspecified atom stereocenters. The first-order valence-corrected chi connectivity index (χ1v) is 9.46. The highest BCUT2D eigenvalue weighted by molar-refractivity contribution is 6.32. The summed E-state index contributed by atoms with van der Waals surface area (Å²) in [6.07, 6.45) is 4.94. The van der Waals surface area contributed by atoms with Crippen LogP contribution in [-0.2, 0) is 6.61 Å². The summed E-state index contributed by atoms with van der Waals surface area (Å²) in [5.41, 5.74) is 1.59. The molecule has 0 atom stereocenters. The quantitative estimate of drug-likeness (QED) is 0.509. The fourth-order valence-electron chi connectivity index (χ4n) is 2.74. The van der Waals surface area contributed by atoms with E-state index in [2.05, 4.69) is 25.4 Å². The van der Waals surface area contributed by atoms with Gasteiger partial charge in [0, 0.05) is 18.6 Å². The van der Waals surface area contributed by atoms with Gasteiger partial charge < -0.3 is 10.1 Å². The van der Waals surface area contributed by atoms with Gasteiger partial charge in [0.2, 0.25) is 5.82 Å². The Hall–Kier alpha value is -3.78. The predicted octanol–water partition coefficient (Wildman–Crippen LogP) is 3.85. The summed E-state index contributed by atoms with van der Waals surface area (Å²) in [4.78, 5) is 25.2.